The number of rotatable bonds is 16. The highest BCUT2D eigenvalue weighted by molar-refractivity contribution is 7.80. The predicted molar refractivity (Wildman–Crippen MR) is 130 cm³/mol. The molecule has 4 atom stereocenters. The Bertz CT molecular complexity index is 790. The molecule has 0 aromatic carbocycles. The summed E-state index contributed by atoms with van der Waals surface area (Å²) < 4.78 is 0. The number of imidazole rings is 1. The molecule has 192 valence electrons. The SMILES string of the molecule is CC(C)CC(N)C(=O)NC(CCCCN)C(=O)NC(CS)C(=O)NC(Cc1cnc[nH]1)C(=O)O. The number of aromatic nitrogens is 2. The van der Waals surface area contributed by atoms with Gasteiger partial charge < -0.3 is 37.5 Å². The molecule has 12 nitrogen and oxygen atoms in total. The van der Waals surface area contributed by atoms with Crippen LogP contribution in [0.1, 0.15) is 45.2 Å². The first-order valence-electron chi connectivity index (χ1n) is 11.3. The summed E-state index contributed by atoms with van der Waals surface area (Å²) in [5.74, 6) is -2.87. The number of thiol groups is 1. The zero-order valence-electron chi connectivity index (χ0n) is 19.6. The van der Waals surface area contributed by atoms with Crippen molar-refractivity contribution in [1.82, 2.24) is 25.9 Å². The molecule has 1 aromatic heterocycles. The van der Waals surface area contributed by atoms with Gasteiger partial charge in [-0.15, -0.1) is 0 Å². The van der Waals surface area contributed by atoms with Gasteiger partial charge in [-0.2, -0.15) is 12.6 Å². The van der Waals surface area contributed by atoms with Crippen molar-refractivity contribution in [2.24, 2.45) is 17.4 Å². The van der Waals surface area contributed by atoms with Crippen molar-refractivity contribution in [3.05, 3.63) is 18.2 Å². The molecule has 1 heterocycles. The Morgan fingerprint density at radius 3 is 2.21 bits per heavy atom. The van der Waals surface area contributed by atoms with Crippen molar-refractivity contribution in [3.8, 4) is 0 Å². The van der Waals surface area contributed by atoms with Gasteiger partial charge in [0.2, 0.25) is 17.7 Å². The summed E-state index contributed by atoms with van der Waals surface area (Å²) in [5.41, 5.74) is 12.0. The molecule has 13 heteroatoms. The summed E-state index contributed by atoms with van der Waals surface area (Å²) in [7, 11) is 0. The zero-order valence-corrected chi connectivity index (χ0v) is 20.5. The van der Waals surface area contributed by atoms with Gasteiger partial charge in [-0.05, 0) is 38.1 Å². The molecule has 34 heavy (non-hydrogen) atoms. The van der Waals surface area contributed by atoms with E-state index in [9.17, 15) is 24.3 Å². The van der Waals surface area contributed by atoms with Crippen molar-refractivity contribution in [2.75, 3.05) is 12.3 Å². The number of hydrogen-bond donors (Lipinski definition) is 8. The summed E-state index contributed by atoms with van der Waals surface area (Å²) in [6, 6.07) is -4.04. The van der Waals surface area contributed by atoms with Crippen LogP contribution >= 0.6 is 12.6 Å². The van der Waals surface area contributed by atoms with Crippen molar-refractivity contribution >= 4 is 36.3 Å². The van der Waals surface area contributed by atoms with Crippen LogP contribution in [0.25, 0.3) is 0 Å². The lowest BCUT2D eigenvalue weighted by molar-refractivity contribution is -0.142. The number of carboxylic acids is 1. The third-order valence-electron chi connectivity index (χ3n) is 5.05. The molecule has 0 fully saturated rings. The summed E-state index contributed by atoms with van der Waals surface area (Å²) in [5, 5.41) is 17.1. The van der Waals surface area contributed by atoms with E-state index in [4.69, 9.17) is 11.5 Å². The predicted octanol–water partition coefficient (Wildman–Crippen LogP) is -1.08. The number of carbonyl (C=O) groups is 4. The number of carboxylic acid groups (broad SMARTS) is 1. The summed E-state index contributed by atoms with van der Waals surface area (Å²) in [6.07, 6.45) is 4.84. The largest absolute Gasteiger partial charge is 0.480 e. The Hall–Kier alpha value is -2.64. The maximum absolute atomic E-state index is 12.9. The highest BCUT2D eigenvalue weighted by Gasteiger charge is 2.30. The topological polar surface area (TPSA) is 205 Å². The van der Waals surface area contributed by atoms with Crippen LogP contribution in [-0.2, 0) is 25.6 Å². The monoisotopic (exact) mass is 499 g/mol. The van der Waals surface area contributed by atoms with E-state index in [0.29, 0.717) is 37.9 Å². The van der Waals surface area contributed by atoms with Crippen LogP contribution in [0.3, 0.4) is 0 Å². The van der Waals surface area contributed by atoms with Gasteiger partial charge in [0.05, 0.1) is 12.4 Å². The minimum Gasteiger partial charge on any atom is -0.480 e. The van der Waals surface area contributed by atoms with Gasteiger partial charge in [0, 0.05) is 24.1 Å². The van der Waals surface area contributed by atoms with Crippen molar-refractivity contribution < 1.29 is 24.3 Å². The van der Waals surface area contributed by atoms with Gasteiger partial charge in [-0.25, -0.2) is 9.78 Å². The van der Waals surface area contributed by atoms with E-state index in [1.807, 2.05) is 13.8 Å². The van der Waals surface area contributed by atoms with Crippen LogP contribution < -0.4 is 27.4 Å². The number of nitrogens with two attached hydrogens (primary N) is 2. The quantitative estimate of drug-likeness (QED) is 0.103. The number of aromatic amines is 1. The molecular formula is C21H37N7O5S. The lowest BCUT2D eigenvalue weighted by atomic mass is 10.0. The highest BCUT2D eigenvalue weighted by Crippen LogP contribution is 2.07. The van der Waals surface area contributed by atoms with Gasteiger partial charge >= 0.3 is 5.97 Å². The summed E-state index contributed by atoms with van der Waals surface area (Å²) >= 11 is 4.12. The smallest absolute Gasteiger partial charge is 0.326 e. The molecule has 0 radical (unpaired) electrons. The van der Waals surface area contributed by atoms with Crippen LogP contribution in [0.2, 0.25) is 0 Å². The fourth-order valence-electron chi connectivity index (χ4n) is 3.21. The molecule has 0 saturated heterocycles. The molecule has 1 rings (SSSR count). The lowest BCUT2D eigenvalue weighted by Crippen LogP contribution is -2.58. The summed E-state index contributed by atoms with van der Waals surface area (Å²) in [4.78, 5) is 56.3. The first kappa shape index (κ1) is 29.4. The number of H-pyrrole nitrogens is 1. The average molecular weight is 500 g/mol. The molecule has 1 aromatic rings. The first-order chi connectivity index (χ1) is 16.1. The van der Waals surface area contributed by atoms with Gasteiger partial charge in [0.25, 0.3) is 0 Å². The molecule has 3 amide bonds. The standard InChI is InChI=1S/C21H37N7O5S/c1-12(2)7-14(23)18(29)26-15(5-3-4-6-22)19(30)28-17(10-34)20(31)27-16(21(32)33)8-13-9-24-11-25-13/h9,11-12,14-17,34H,3-8,10,22-23H2,1-2H3,(H,24,25)(H,26,29)(H,27,31)(H,28,30)(H,32,33). The van der Waals surface area contributed by atoms with Crippen molar-refractivity contribution in [2.45, 2.75) is 70.1 Å². The minimum absolute atomic E-state index is 0.0141. The van der Waals surface area contributed by atoms with E-state index in [2.05, 4.69) is 38.5 Å². The number of hydrogen-bond acceptors (Lipinski definition) is 8. The third-order valence-corrected chi connectivity index (χ3v) is 5.42. The Balaban J connectivity index is 2.83. The second-order valence-corrected chi connectivity index (χ2v) is 8.87. The third kappa shape index (κ3) is 10.5. The van der Waals surface area contributed by atoms with Crippen molar-refractivity contribution in [3.63, 3.8) is 0 Å². The molecular weight excluding hydrogens is 462 g/mol. The Morgan fingerprint density at radius 1 is 1.06 bits per heavy atom. The number of aliphatic carboxylic acids is 1. The van der Waals surface area contributed by atoms with E-state index in [0.717, 1.165) is 0 Å². The molecule has 4 unspecified atom stereocenters. The maximum Gasteiger partial charge on any atom is 0.326 e. The van der Waals surface area contributed by atoms with E-state index in [1.54, 1.807) is 0 Å². The average Bonchev–Trinajstić information content (AvgIpc) is 3.28. The van der Waals surface area contributed by atoms with Crippen LogP contribution in [0.15, 0.2) is 12.5 Å². The van der Waals surface area contributed by atoms with E-state index < -0.39 is 47.9 Å². The molecule has 0 bridgehead atoms. The Kier molecular flexibility index (Phi) is 13.2. The first-order valence-corrected chi connectivity index (χ1v) is 11.9. The van der Waals surface area contributed by atoms with Gasteiger partial charge in [-0.1, -0.05) is 13.8 Å². The lowest BCUT2D eigenvalue weighted by Gasteiger charge is -2.24. The fraction of sp³-hybridized carbons (Fsp3) is 0.667. The normalized spacial score (nSPS) is 14.6. The number of nitrogens with zero attached hydrogens (tertiary/aromatic N) is 1. The fourth-order valence-corrected chi connectivity index (χ4v) is 3.47. The van der Waals surface area contributed by atoms with Crippen molar-refractivity contribution in [1.29, 1.82) is 0 Å². The van der Waals surface area contributed by atoms with Gasteiger partial charge in [0.1, 0.15) is 18.1 Å². The van der Waals surface area contributed by atoms with Crippen LogP contribution in [-0.4, -0.2) is 75.2 Å². The second kappa shape index (κ2) is 15.3. The molecule has 0 aliphatic rings. The van der Waals surface area contributed by atoms with Crippen LogP contribution in [0.4, 0.5) is 0 Å². The maximum atomic E-state index is 12.9. The Labute approximate surface area is 204 Å². The molecule has 0 aliphatic carbocycles. The van der Waals surface area contributed by atoms with Crippen LogP contribution in [0.5, 0.6) is 0 Å². The second-order valence-electron chi connectivity index (χ2n) is 8.51. The highest BCUT2D eigenvalue weighted by atomic mass is 32.1. The molecule has 0 saturated carbocycles. The number of carbonyl (C=O) groups excluding carboxylic acids is 3. The van der Waals surface area contributed by atoms with E-state index in [-0.39, 0.29) is 18.1 Å². The zero-order chi connectivity index (χ0) is 25.7. The molecule has 0 aliphatic heterocycles. The molecule has 0 spiro atoms. The minimum atomic E-state index is -1.24. The number of unbranched alkanes of at least 4 members (excludes halogenated alkanes) is 1. The summed E-state index contributed by atoms with van der Waals surface area (Å²) in [6.45, 7) is 4.31. The van der Waals surface area contributed by atoms with Gasteiger partial charge in [0.15, 0.2) is 0 Å². The Morgan fingerprint density at radius 2 is 1.68 bits per heavy atom. The number of amides is 3. The van der Waals surface area contributed by atoms with E-state index >= 15 is 0 Å². The van der Waals surface area contributed by atoms with Gasteiger partial charge in [-0.3, -0.25) is 14.4 Å². The van der Waals surface area contributed by atoms with Crippen LogP contribution in [0, 0.1) is 5.92 Å². The number of nitrogens with one attached hydrogen (secondary N) is 4. The van der Waals surface area contributed by atoms with E-state index in [1.165, 1.54) is 12.5 Å². The molecule has 9 N–H and O–H groups in total.